The highest BCUT2D eigenvalue weighted by Crippen LogP contribution is 2.33. The largest absolute Gasteiger partial charge is 0.289 e. The van der Waals surface area contributed by atoms with Crippen molar-refractivity contribution in [3.63, 3.8) is 0 Å². The summed E-state index contributed by atoms with van der Waals surface area (Å²) in [5.74, 6) is -0.0552. The predicted octanol–water partition coefficient (Wildman–Crippen LogP) is 5.38. The maximum Gasteiger partial charge on any atom is 0.193 e. The van der Waals surface area contributed by atoms with Gasteiger partial charge in [0.05, 0.1) is 0 Å². The summed E-state index contributed by atoms with van der Waals surface area (Å²) < 4.78 is 0. The lowest BCUT2D eigenvalue weighted by Crippen LogP contribution is -2.02. The molecule has 0 spiro atoms. The Labute approximate surface area is 126 Å². The zero-order valence-electron chi connectivity index (χ0n) is 10.4. The summed E-state index contributed by atoms with van der Waals surface area (Å²) in [6.45, 7) is 0. The Hall–Kier alpha value is -1.83. The Morgan fingerprint density at radius 3 is 2.25 bits per heavy atom. The van der Waals surface area contributed by atoms with E-state index in [1.807, 2.05) is 30.3 Å². The topological polar surface area (TPSA) is 17.1 Å². The normalized spacial score (nSPS) is 10.7. The Bertz CT molecular complexity index is 795. The van der Waals surface area contributed by atoms with Crippen molar-refractivity contribution < 1.29 is 4.79 Å². The van der Waals surface area contributed by atoms with Gasteiger partial charge in [0.25, 0.3) is 0 Å². The fourth-order valence-electron chi connectivity index (χ4n) is 2.26. The Balaban J connectivity index is 2.28. The van der Waals surface area contributed by atoms with E-state index in [1.165, 1.54) is 0 Å². The predicted molar refractivity (Wildman–Crippen MR) is 83.8 cm³/mol. The highest BCUT2D eigenvalue weighted by Gasteiger charge is 2.15. The van der Waals surface area contributed by atoms with Crippen LogP contribution in [0.4, 0.5) is 0 Å². The van der Waals surface area contributed by atoms with Crippen LogP contribution in [0.5, 0.6) is 0 Å². The van der Waals surface area contributed by atoms with Gasteiger partial charge >= 0.3 is 0 Å². The molecule has 0 aliphatic heterocycles. The zero-order chi connectivity index (χ0) is 14.1. The number of benzene rings is 3. The van der Waals surface area contributed by atoms with Gasteiger partial charge in [0.2, 0.25) is 0 Å². The highest BCUT2D eigenvalue weighted by atomic mass is 35.5. The third-order valence-corrected chi connectivity index (χ3v) is 3.86. The summed E-state index contributed by atoms with van der Waals surface area (Å²) in [6, 6.07) is 18.1. The van der Waals surface area contributed by atoms with Crippen LogP contribution in [0.3, 0.4) is 0 Å². The van der Waals surface area contributed by atoms with Gasteiger partial charge in [0, 0.05) is 31.9 Å². The van der Waals surface area contributed by atoms with Crippen molar-refractivity contribution in [2.24, 2.45) is 0 Å². The fraction of sp³-hybridized carbons (Fsp3) is 0. The Morgan fingerprint density at radius 1 is 0.750 bits per heavy atom. The van der Waals surface area contributed by atoms with E-state index in [0.29, 0.717) is 26.6 Å². The molecular formula is C17H10Cl2O. The fourth-order valence-corrected chi connectivity index (χ4v) is 2.76. The van der Waals surface area contributed by atoms with Gasteiger partial charge in [-0.25, -0.2) is 0 Å². The van der Waals surface area contributed by atoms with Gasteiger partial charge < -0.3 is 0 Å². The van der Waals surface area contributed by atoms with E-state index in [4.69, 9.17) is 23.2 Å². The molecule has 0 heterocycles. The number of ketones is 1. The van der Waals surface area contributed by atoms with Gasteiger partial charge in [-0.3, -0.25) is 4.79 Å². The molecule has 0 saturated heterocycles. The standard InChI is InChI=1S/C17H10Cl2O/c18-14-10-9-13(16-12(14)7-4-8-15(16)19)17(20)11-5-2-1-3-6-11/h1-10H. The third kappa shape index (κ3) is 2.20. The monoisotopic (exact) mass is 300 g/mol. The second kappa shape index (κ2) is 5.28. The molecule has 3 aromatic carbocycles. The van der Waals surface area contributed by atoms with Gasteiger partial charge in [-0.05, 0) is 18.2 Å². The van der Waals surface area contributed by atoms with Gasteiger partial charge in [-0.2, -0.15) is 0 Å². The number of halogens is 2. The summed E-state index contributed by atoms with van der Waals surface area (Å²) in [4.78, 5) is 12.6. The molecule has 98 valence electrons. The van der Waals surface area contributed by atoms with E-state index in [0.717, 1.165) is 5.39 Å². The summed E-state index contributed by atoms with van der Waals surface area (Å²) in [5, 5.41) is 2.62. The molecule has 0 bridgehead atoms. The van der Waals surface area contributed by atoms with Crippen molar-refractivity contribution >= 4 is 39.8 Å². The van der Waals surface area contributed by atoms with Crippen LogP contribution < -0.4 is 0 Å². The number of hydrogen-bond donors (Lipinski definition) is 0. The summed E-state index contributed by atoms with van der Waals surface area (Å²) in [7, 11) is 0. The quantitative estimate of drug-likeness (QED) is 0.581. The van der Waals surface area contributed by atoms with Crippen molar-refractivity contribution in [2.45, 2.75) is 0 Å². The molecule has 0 fully saturated rings. The summed E-state index contributed by atoms with van der Waals surface area (Å²) >= 11 is 12.4. The first-order valence-electron chi connectivity index (χ1n) is 6.15. The number of carbonyl (C=O) groups is 1. The Morgan fingerprint density at radius 2 is 1.50 bits per heavy atom. The molecule has 1 nitrogen and oxygen atoms in total. The van der Waals surface area contributed by atoms with Crippen molar-refractivity contribution in [3.8, 4) is 0 Å². The van der Waals surface area contributed by atoms with Crippen LogP contribution in [-0.4, -0.2) is 5.78 Å². The van der Waals surface area contributed by atoms with Gasteiger partial charge in [-0.1, -0.05) is 65.7 Å². The number of fused-ring (bicyclic) bond motifs is 1. The number of rotatable bonds is 2. The van der Waals surface area contributed by atoms with E-state index in [2.05, 4.69) is 0 Å². The molecule has 0 aliphatic rings. The molecule has 0 aromatic heterocycles. The van der Waals surface area contributed by atoms with Gasteiger partial charge in [0.15, 0.2) is 5.78 Å². The zero-order valence-corrected chi connectivity index (χ0v) is 11.9. The molecule has 3 heteroatoms. The van der Waals surface area contributed by atoms with Crippen LogP contribution in [0.15, 0.2) is 60.7 Å². The molecule has 0 radical (unpaired) electrons. The van der Waals surface area contributed by atoms with Crippen LogP contribution in [0, 0.1) is 0 Å². The van der Waals surface area contributed by atoms with Crippen molar-refractivity contribution in [1.29, 1.82) is 0 Å². The van der Waals surface area contributed by atoms with E-state index in [-0.39, 0.29) is 5.78 Å². The van der Waals surface area contributed by atoms with Crippen LogP contribution in [0.2, 0.25) is 10.0 Å². The van der Waals surface area contributed by atoms with Crippen molar-refractivity contribution in [1.82, 2.24) is 0 Å². The first-order valence-corrected chi connectivity index (χ1v) is 6.90. The van der Waals surface area contributed by atoms with Gasteiger partial charge in [-0.15, -0.1) is 0 Å². The van der Waals surface area contributed by atoms with Crippen LogP contribution in [-0.2, 0) is 0 Å². The van der Waals surface area contributed by atoms with E-state index < -0.39 is 0 Å². The minimum absolute atomic E-state index is 0.0552. The minimum Gasteiger partial charge on any atom is -0.289 e. The molecule has 0 aliphatic carbocycles. The molecule has 0 unspecified atom stereocenters. The molecule has 0 saturated carbocycles. The minimum atomic E-state index is -0.0552. The van der Waals surface area contributed by atoms with Crippen molar-refractivity contribution in [2.75, 3.05) is 0 Å². The summed E-state index contributed by atoms with van der Waals surface area (Å²) in [6.07, 6.45) is 0. The van der Waals surface area contributed by atoms with Gasteiger partial charge in [0.1, 0.15) is 0 Å². The number of carbonyl (C=O) groups excluding carboxylic acids is 1. The molecule has 20 heavy (non-hydrogen) atoms. The molecular weight excluding hydrogens is 291 g/mol. The third-order valence-electron chi connectivity index (χ3n) is 3.22. The SMILES string of the molecule is O=C(c1ccccc1)c1ccc(Cl)c2cccc(Cl)c12. The molecule has 0 atom stereocenters. The van der Waals surface area contributed by atoms with E-state index >= 15 is 0 Å². The molecule has 3 rings (SSSR count). The molecule has 0 amide bonds. The van der Waals surface area contributed by atoms with E-state index in [9.17, 15) is 4.79 Å². The van der Waals surface area contributed by atoms with E-state index in [1.54, 1.807) is 30.3 Å². The maximum atomic E-state index is 12.6. The lowest BCUT2D eigenvalue weighted by Gasteiger charge is -2.09. The average Bonchev–Trinajstić information content (AvgIpc) is 2.49. The van der Waals surface area contributed by atoms with Crippen molar-refractivity contribution in [3.05, 3.63) is 81.8 Å². The first kappa shape index (κ1) is 13.2. The smallest absolute Gasteiger partial charge is 0.193 e. The second-order valence-corrected chi connectivity index (χ2v) is 5.27. The first-order chi connectivity index (χ1) is 9.68. The van der Waals surface area contributed by atoms with Crippen LogP contribution in [0.25, 0.3) is 10.8 Å². The molecule has 0 N–H and O–H groups in total. The second-order valence-electron chi connectivity index (χ2n) is 4.45. The molecule has 3 aromatic rings. The maximum absolute atomic E-state index is 12.6. The number of hydrogen-bond acceptors (Lipinski definition) is 1. The lowest BCUT2D eigenvalue weighted by atomic mass is 9.97. The van der Waals surface area contributed by atoms with Crippen LogP contribution >= 0.6 is 23.2 Å². The highest BCUT2D eigenvalue weighted by molar-refractivity contribution is 6.41. The van der Waals surface area contributed by atoms with Crippen LogP contribution in [0.1, 0.15) is 15.9 Å². The average molecular weight is 301 g/mol. The lowest BCUT2D eigenvalue weighted by molar-refractivity contribution is 0.104. The summed E-state index contributed by atoms with van der Waals surface area (Å²) in [5.41, 5.74) is 1.21. The Kier molecular flexibility index (Phi) is 3.47.